The highest BCUT2D eigenvalue weighted by Crippen LogP contribution is 2.23. The highest BCUT2D eigenvalue weighted by Gasteiger charge is 2.12. The molecule has 0 aliphatic heterocycles. The summed E-state index contributed by atoms with van der Waals surface area (Å²) in [6.45, 7) is 1.96. The normalized spacial score (nSPS) is 12.0. The van der Waals surface area contributed by atoms with E-state index in [2.05, 4.69) is 10.6 Å². The van der Waals surface area contributed by atoms with Crippen LogP contribution in [-0.2, 0) is 4.79 Å². The summed E-state index contributed by atoms with van der Waals surface area (Å²) >= 11 is 0. The Bertz CT molecular complexity index is 764. The van der Waals surface area contributed by atoms with Crippen LogP contribution in [-0.4, -0.2) is 13.0 Å². The van der Waals surface area contributed by atoms with Crippen LogP contribution >= 0.6 is 0 Å². The Hall–Kier alpha value is -3.26. The average Bonchev–Trinajstić information content (AvgIpc) is 2.63. The lowest BCUT2D eigenvalue weighted by atomic mass is 10.1. The van der Waals surface area contributed by atoms with Crippen LogP contribution in [0.2, 0.25) is 0 Å². The zero-order valence-electron chi connectivity index (χ0n) is 13.6. The van der Waals surface area contributed by atoms with Gasteiger partial charge in [-0.2, -0.15) is 5.26 Å². The second-order valence-corrected chi connectivity index (χ2v) is 5.12. The van der Waals surface area contributed by atoms with Gasteiger partial charge in [-0.3, -0.25) is 4.79 Å². The van der Waals surface area contributed by atoms with E-state index in [1.807, 2.05) is 43.3 Å². The Morgan fingerprint density at radius 1 is 1.17 bits per heavy atom. The van der Waals surface area contributed by atoms with Gasteiger partial charge in [-0.15, -0.1) is 0 Å². The van der Waals surface area contributed by atoms with Gasteiger partial charge in [0.2, 0.25) is 0 Å². The molecule has 2 aromatic carbocycles. The fraction of sp³-hybridized carbons (Fsp3) is 0.158. The van der Waals surface area contributed by atoms with Gasteiger partial charge >= 0.3 is 0 Å². The summed E-state index contributed by atoms with van der Waals surface area (Å²) in [7, 11) is 1.52. The van der Waals surface area contributed by atoms with Gasteiger partial charge in [0.1, 0.15) is 17.4 Å². The molecule has 2 aromatic rings. The molecule has 0 aliphatic rings. The van der Waals surface area contributed by atoms with E-state index >= 15 is 0 Å². The molecule has 1 unspecified atom stereocenters. The molecular weight excluding hydrogens is 302 g/mol. The summed E-state index contributed by atoms with van der Waals surface area (Å²) in [5.74, 6) is 0.0449. The summed E-state index contributed by atoms with van der Waals surface area (Å²) in [5, 5.41) is 15.0. The molecule has 0 heterocycles. The van der Waals surface area contributed by atoms with Gasteiger partial charge in [-0.05, 0) is 24.6 Å². The molecule has 2 N–H and O–H groups in total. The number of hydrogen-bond donors (Lipinski definition) is 2. The van der Waals surface area contributed by atoms with Crippen LogP contribution in [0.15, 0.2) is 66.4 Å². The van der Waals surface area contributed by atoms with E-state index in [0.29, 0.717) is 11.4 Å². The van der Waals surface area contributed by atoms with Crippen molar-refractivity contribution in [2.75, 3.05) is 12.4 Å². The number of benzene rings is 2. The maximum Gasteiger partial charge on any atom is 0.267 e. The lowest BCUT2D eigenvalue weighted by Crippen LogP contribution is -2.18. The van der Waals surface area contributed by atoms with Crippen molar-refractivity contribution in [3.8, 4) is 11.8 Å². The molecule has 1 amide bonds. The van der Waals surface area contributed by atoms with Crippen molar-refractivity contribution in [3.05, 3.63) is 71.9 Å². The average molecular weight is 321 g/mol. The Labute approximate surface area is 141 Å². The van der Waals surface area contributed by atoms with Crippen molar-refractivity contribution < 1.29 is 9.53 Å². The third-order valence-electron chi connectivity index (χ3n) is 3.50. The Kier molecular flexibility index (Phi) is 5.98. The minimum absolute atomic E-state index is 0.0105. The molecule has 0 spiro atoms. The van der Waals surface area contributed by atoms with Gasteiger partial charge in [0.25, 0.3) is 5.91 Å². The second kappa shape index (κ2) is 8.39. The Balaban J connectivity index is 2.07. The molecule has 5 nitrogen and oxygen atoms in total. The molecule has 122 valence electrons. The minimum atomic E-state index is -0.491. The van der Waals surface area contributed by atoms with E-state index < -0.39 is 5.91 Å². The monoisotopic (exact) mass is 321 g/mol. The second-order valence-electron chi connectivity index (χ2n) is 5.12. The molecule has 0 radical (unpaired) electrons. The molecular formula is C19H19N3O2. The molecule has 1 atom stereocenters. The van der Waals surface area contributed by atoms with Crippen LogP contribution in [0.4, 0.5) is 5.69 Å². The summed E-state index contributed by atoms with van der Waals surface area (Å²) in [6, 6.07) is 18.7. The van der Waals surface area contributed by atoms with Crippen LogP contribution in [0.3, 0.4) is 0 Å². The van der Waals surface area contributed by atoms with Gasteiger partial charge in [0.15, 0.2) is 0 Å². The molecule has 0 saturated heterocycles. The van der Waals surface area contributed by atoms with Crippen molar-refractivity contribution in [2.24, 2.45) is 0 Å². The number of amides is 1. The number of methoxy groups -OCH3 is 1. The highest BCUT2D eigenvalue weighted by molar-refractivity contribution is 6.07. The van der Waals surface area contributed by atoms with Crippen molar-refractivity contribution in [2.45, 2.75) is 13.0 Å². The van der Waals surface area contributed by atoms with E-state index in [1.165, 1.54) is 13.3 Å². The highest BCUT2D eigenvalue weighted by atomic mass is 16.5. The van der Waals surface area contributed by atoms with Gasteiger partial charge < -0.3 is 15.4 Å². The van der Waals surface area contributed by atoms with Gasteiger partial charge in [-0.1, -0.05) is 42.5 Å². The largest absolute Gasteiger partial charge is 0.495 e. The predicted molar refractivity (Wildman–Crippen MR) is 93.3 cm³/mol. The summed E-state index contributed by atoms with van der Waals surface area (Å²) < 4.78 is 5.18. The summed E-state index contributed by atoms with van der Waals surface area (Å²) in [6.07, 6.45) is 1.43. The molecule has 0 saturated carbocycles. The zero-order valence-corrected chi connectivity index (χ0v) is 13.6. The standard InChI is InChI=1S/C19H19N3O2/c1-14(15-8-4-3-5-9-15)21-13-16(12-20)19(23)22-17-10-6-7-11-18(17)24-2/h3-11,13-14,21H,1-2H3,(H,22,23)/b16-13-. The lowest BCUT2D eigenvalue weighted by Gasteiger charge is -2.13. The van der Waals surface area contributed by atoms with Crippen LogP contribution in [0, 0.1) is 11.3 Å². The number of carbonyl (C=O) groups is 1. The van der Waals surface area contributed by atoms with Crippen LogP contribution in [0.25, 0.3) is 0 Å². The van der Waals surface area contributed by atoms with E-state index in [-0.39, 0.29) is 11.6 Å². The molecule has 2 rings (SSSR count). The predicted octanol–water partition coefficient (Wildman–Crippen LogP) is 3.39. The van der Waals surface area contributed by atoms with Crippen molar-refractivity contribution in [3.63, 3.8) is 0 Å². The fourth-order valence-electron chi connectivity index (χ4n) is 2.13. The molecule has 24 heavy (non-hydrogen) atoms. The fourth-order valence-corrected chi connectivity index (χ4v) is 2.13. The van der Waals surface area contributed by atoms with Gasteiger partial charge in [-0.25, -0.2) is 0 Å². The molecule has 0 aromatic heterocycles. The van der Waals surface area contributed by atoms with Gasteiger partial charge in [0.05, 0.1) is 12.8 Å². The van der Waals surface area contributed by atoms with Crippen molar-refractivity contribution in [1.82, 2.24) is 5.32 Å². The van der Waals surface area contributed by atoms with Crippen LogP contribution in [0.1, 0.15) is 18.5 Å². The number of nitrogens with zero attached hydrogens (tertiary/aromatic N) is 1. The van der Waals surface area contributed by atoms with E-state index in [4.69, 9.17) is 4.74 Å². The summed E-state index contributed by atoms with van der Waals surface area (Å²) in [4.78, 5) is 12.3. The maximum absolute atomic E-state index is 12.3. The zero-order chi connectivity index (χ0) is 17.4. The third-order valence-corrected chi connectivity index (χ3v) is 3.50. The molecule has 5 heteroatoms. The molecule has 0 bridgehead atoms. The number of hydrogen-bond acceptors (Lipinski definition) is 4. The number of rotatable bonds is 6. The van der Waals surface area contributed by atoms with Crippen molar-refractivity contribution >= 4 is 11.6 Å². The molecule has 0 fully saturated rings. The number of ether oxygens (including phenoxy) is 1. The number of anilines is 1. The van der Waals surface area contributed by atoms with E-state index in [1.54, 1.807) is 24.3 Å². The number of para-hydroxylation sites is 2. The maximum atomic E-state index is 12.3. The first-order chi connectivity index (χ1) is 11.7. The Morgan fingerprint density at radius 2 is 1.83 bits per heavy atom. The smallest absolute Gasteiger partial charge is 0.267 e. The lowest BCUT2D eigenvalue weighted by molar-refractivity contribution is -0.112. The minimum Gasteiger partial charge on any atom is -0.495 e. The number of carbonyl (C=O) groups excluding carboxylic acids is 1. The first-order valence-corrected chi connectivity index (χ1v) is 7.51. The summed E-state index contributed by atoms with van der Waals surface area (Å²) in [5.41, 5.74) is 1.57. The quantitative estimate of drug-likeness (QED) is 0.632. The van der Waals surface area contributed by atoms with Gasteiger partial charge in [0, 0.05) is 12.2 Å². The SMILES string of the molecule is COc1ccccc1NC(=O)/C(C#N)=C\NC(C)c1ccccc1. The Morgan fingerprint density at radius 3 is 2.50 bits per heavy atom. The topological polar surface area (TPSA) is 74.1 Å². The first kappa shape index (κ1) is 17.1. The number of nitrogens with one attached hydrogen (secondary N) is 2. The van der Waals surface area contributed by atoms with Crippen LogP contribution < -0.4 is 15.4 Å². The number of nitriles is 1. The van der Waals surface area contributed by atoms with Crippen LogP contribution in [0.5, 0.6) is 5.75 Å². The van der Waals surface area contributed by atoms with Crippen molar-refractivity contribution in [1.29, 1.82) is 5.26 Å². The molecule has 0 aliphatic carbocycles. The van der Waals surface area contributed by atoms with E-state index in [0.717, 1.165) is 5.56 Å². The third kappa shape index (κ3) is 4.37. The van der Waals surface area contributed by atoms with E-state index in [9.17, 15) is 10.1 Å². The first-order valence-electron chi connectivity index (χ1n) is 7.51.